The number of rotatable bonds is 6. The zero-order valence-corrected chi connectivity index (χ0v) is 10.2. The van der Waals surface area contributed by atoms with Crippen LogP contribution in [0.5, 0.6) is 0 Å². The van der Waals surface area contributed by atoms with Crippen molar-refractivity contribution in [2.45, 2.75) is 20.0 Å². The highest BCUT2D eigenvalue weighted by Crippen LogP contribution is 2.13. The van der Waals surface area contributed by atoms with E-state index >= 15 is 0 Å². The number of aliphatic hydroxyl groups excluding tert-OH is 1. The maximum atomic E-state index is 10.1. The Hall–Kier alpha value is -1.12. The normalized spacial score (nSPS) is 12.8. The molecule has 1 atom stereocenters. The molecule has 0 radical (unpaired) electrons. The van der Waals surface area contributed by atoms with Crippen molar-refractivity contribution >= 4 is 0 Å². The van der Waals surface area contributed by atoms with Crippen LogP contribution in [-0.4, -0.2) is 29.6 Å². The topological polar surface area (TPSA) is 23.5 Å². The van der Waals surface area contributed by atoms with Crippen LogP contribution in [0.15, 0.2) is 42.5 Å². The number of aliphatic hydroxyl groups is 1. The first-order valence-electron chi connectivity index (χ1n) is 5.73. The van der Waals surface area contributed by atoms with Gasteiger partial charge in [-0.3, -0.25) is 4.90 Å². The van der Waals surface area contributed by atoms with Gasteiger partial charge in [-0.25, -0.2) is 0 Å². The monoisotopic (exact) mass is 219 g/mol. The largest absolute Gasteiger partial charge is 0.387 e. The van der Waals surface area contributed by atoms with Gasteiger partial charge in [-0.15, -0.1) is 0 Å². The van der Waals surface area contributed by atoms with Crippen molar-refractivity contribution in [1.82, 2.24) is 4.90 Å². The molecular formula is C14H21NO. The van der Waals surface area contributed by atoms with E-state index in [0.717, 1.165) is 24.2 Å². The van der Waals surface area contributed by atoms with Crippen molar-refractivity contribution in [3.8, 4) is 0 Å². The summed E-state index contributed by atoms with van der Waals surface area (Å²) in [7, 11) is 0. The van der Waals surface area contributed by atoms with Gasteiger partial charge >= 0.3 is 0 Å². The highest BCUT2D eigenvalue weighted by molar-refractivity contribution is 5.17. The Morgan fingerprint density at radius 3 is 2.50 bits per heavy atom. The molecular weight excluding hydrogens is 198 g/mol. The van der Waals surface area contributed by atoms with Gasteiger partial charge in [0.05, 0.1) is 6.10 Å². The van der Waals surface area contributed by atoms with Crippen molar-refractivity contribution < 1.29 is 5.11 Å². The Bertz CT molecular complexity index is 321. The number of benzene rings is 1. The van der Waals surface area contributed by atoms with E-state index in [0.29, 0.717) is 6.54 Å². The summed E-state index contributed by atoms with van der Waals surface area (Å²) in [5, 5.41) is 10.1. The molecule has 0 aliphatic rings. The number of likely N-dealkylation sites (N-methyl/N-ethyl adjacent to an activating group) is 1. The minimum absolute atomic E-state index is 0.416. The third-order valence-corrected chi connectivity index (χ3v) is 2.56. The Morgan fingerprint density at radius 2 is 2.00 bits per heavy atom. The van der Waals surface area contributed by atoms with Crippen LogP contribution in [0.3, 0.4) is 0 Å². The number of hydrogen-bond donors (Lipinski definition) is 1. The van der Waals surface area contributed by atoms with Gasteiger partial charge in [0.25, 0.3) is 0 Å². The predicted octanol–water partition coefficient (Wildman–Crippen LogP) is 2.62. The lowest BCUT2D eigenvalue weighted by atomic mass is 10.1. The molecule has 1 unspecified atom stereocenters. The maximum Gasteiger partial charge on any atom is 0.0917 e. The van der Waals surface area contributed by atoms with Crippen LogP contribution in [0.25, 0.3) is 0 Å². The summed E-state index contributed by atoms with van der Waals surface area (Å²) in [6.07, 6.45) is -0.416. The van der Waals surface area contributed by atoms with E-state index in [1.165, 1.54) is 0 Å². The van der Waals surface area contributed by atoms with E-state index in [2.05, 4.69) is 18.4 Å². The maximum absolute atomic E-state index is 10.1. The standard InChI is InChI=1S/C14H21NO/c1-4-15(10-12(2)3)11-14(16)13-8-6-5-7-9-13/h5-9,14,16H,2,4,10-11H2,1,3H3. The zero-order valence-electron chi connectivity index (χ0n) is 10.2. The quantitative estimate of drug-likeness (QED) is 0.743. The van der Waals surface area contributed by atoms with Gasteiger partial charge < -0.3 is 5.11 Å². The summed E-state index contributed by atoms with van der Waals surface area (Å²) in [6.45, 7) is 10.4. The molecule has 1 N–H and O–H groups in total. The predicted molar refractivity (Wildman–Crippen MR) is 68.3 cm³/mol. The molecule has 0 aromatic heterocycles. The van der Waals surface area contributed by atoms with Gasteiger partial charge in [0.15, 0.2) is 0 Å². The fourth-order valence-electron chi connectivity index (χ4n) is 1.71. The van der Waals surface area contributed by atoms with Crippen molar-refractivity contribution in [3.63, 3.8) is 0 Å². The van der Waals surface area contributed by atoms with Crippen LogP contribution in [-0.2, 0) is 0 Å². The minimum Gasteiger partial charge on any atom is -0.387 e. The van der Waals surface area contributed by atoms with Crippen molar-refractivity contribution in [1.29, 1.82) is 0 Å². The molecule has 1 aromatic rings. The second kappa shape index (κ2) is 6.46. The summed E-state index contributed by atoms with van der Waals surface area (Å²) >= 11 is 0. The molecule has 0 fully saturated rings. The third-order valence-electron chi connectivity index (χ3n) is 2.56. The van der Waals surface area contributed by atoms with Gasteiger partial charge in [0.1, 0.15) is 0 Å². The molecule has 0 saturated heterocycles. The lowest BCUT2D eigenvalue weighted by molar-refractivity contribution is 0.121. The van der Waals surface area contributed by atoms with Crippen LogP contribution in [0.2, 0.25) is 0 Å². The smallest absolute Gasteiger partial charge is 0.0917 e. The highest BCUT2D eigenvalue weighted by Gasteiger charge is 2.11. The first-order valence-corrected chi connectivity index (χ1v) is 5.73. The van der Waals surface area contributed by atoms with E-state index < -0.39 is 6.10 Å². The Kier molecular flexibility index (Phi) is 5.23. The van der Waals surface area contributed by atoms with E-state index in [4.69, 9.17) is 0 Å². The molecule has 0 aliphatic carbocycles. The van der Waals surface area contributed by atoms with E-state index in [1.54, 1.807) is 0 Å². The van der Waals surface area contributed by atoms with E-state index in [9.17, 15) is 5.11 Å². The SMILES string of the molecule is C=C(C)CN(CC)CC(O)c1ccccc1. The molecule has 1 aromatic carbocycles. The van der Waals surface area contributed by atoms with Crippen LogP contribution in [0, 0.1) is 0 Å². The van der Waals surface area contributed by atoms with Crippen LogP contribution >= 0.6 is 0 Å². The Labute approximate surface area is 98.2 Å². The molecule has 0 aliphatic heterocycles. The summed E-state index contributed by atoms with van der Waals surface area (Å²) in [4.78, 5) is 2.19. The van der Waals surface area contributed by atoms with Gasteiger partial charge in [-0.1, -0.05) is 49.4 Å². The summed E-state index contributed by atoms with van der Waals surface area (Å²) in [6, 6.07) is 9.78. The average Bonchev–Trinajstić information content (AvgIpc) is 2.28. The summed E-state index contributed by atoms with van der Waals surface area (Å²) < 4.78 is 0. The first kappa shape index (κ1) is 12.9. The zero-order chi connectivity index (χ0) is 12.0. The molecule has 0 amide bonds. The van der Waals surface area contributed by atoms with Crippen LogP contribution in [0.1, 0.15) is 25.5 Å². The van der Waals surface area contributed by atoms with Crippen LogP contribution in [0.4, 0.5) is 0 Å². The molecule has 2 heteroatoms. The van der Waals surface area contributed by atoms with Crippen molar-refractivity contribution in [2.75, 3.05) is 19.6 Å². The fraction of sp³-hybridized carbons (Fsp3) is 0.429. The third kappa shape index (κ3) is 4.17. The van der Waals surface area contributed by atoms with E-state index in [-0.39, 0.29) is 0 Å². The molecule has 16 heavy (non-hydrogen) atoms. The van der Waals surface area contributed by atoms with Crippen molar-refractivity contribution in [3.05, 3.63) is 48.0 Å². The Balaban J connectivity index is 2.55. The van der Waals surface area contributed by atoms with Gasteiger partial charge in [0, 0.05) is 13.1 Å². The summed E-state index contributed by atoms with van der Waals surface area (Å²) in [5.41, 5.74) is 2.10. The fourth-order valence-corrected chi connectivity index (χ4v) is 1.71. The van der Waals surface area contributed by atoms with Gasteiger partial charge in [-0.05, 0) is 19.0 Å². The molecule has 0 heterocycles. The highest BCUT2D eigenvalue weighted by atomic mass is 16.3. The number of hydrogen-bond acceptors (Lipinski definition) is 2. The van der Waals surface area contributed by atoms with Gasteiger partial charge in [-0.2, -0.15) is 0 Å². The molecule has 88 valence electrons. The van der Waals surface area contributed by atoms with E-state index in [1.807, 2.05) is 37.3 Å². The van der Waals surface area contributed by atoms with Gasteiger partial charge in [0.2, 0.25) is 0 Å². The second-order valence-electron chi connectivity index (χ2n) is 4.21. The molecule has 2 nitrogen and oxygen atoms in total. The number of nitrogens with zero attached hydrogens (tertiary/aromatic N) is 1. The molecule has 0 saturated carbocycles. The Morgan fingerprint density at radius 1 is 1.38 bits per heavy atom. The second-order valence-corrected chi connectivity index (χ2v) is 4.21. The molecule has 1 rings (SSSR count). The first-order chi connectivity index (χ1) is 7.63. The minimum atomic E-state index is -0.416. The molecule has 0 bridgehead atoms. The lowest BCUT2D eigenvalue weighted by Crippen LogP contribution is -2.29. The summed E-state index contributed by atoms with van der Waals surface area (Å²) in [5.74, 6) is 0. The lowest BCUT2D eigenvalue weighted by Gasteiger charge is -2.23. The average molecular weight is 219 g/mol. The van der Waals surface area contributed by atoms with Crippen LogP contribution < -0.4 is 0 Å². The van der Waals surface area contributed by atoms with Crippen molar-refractivity contribution in [2.24, 2.45) is 0 Å². The molecule has 0 spiro atoms.